The summed E-state index contributed by atoms with van der Waals surface area (Å²) < 4.78 is 5.90. The molecular weight excluding hydrogens is 406 g/mol. The number of likely N-dealkylation sites (tertiary alicyclic amines) is 1. The van der Waals surface area contributed by atoms with Gasteiger partial charge in [0.05, 0.1) is 5.39 Å². The van der Waals surface area contributed by atoms with Crippen molar-refractivity contribution in [3.8, 4) is 16.9 Å². The number of H-pyrrole nitrogens is 1. The summed E-state index contributed by atoms with van der Waals surface area (Å²) in [6.45, 7) is 4.82. The van der Waals surface area contributed by atoms with Gasteiger partial charge in [0.1, 0.15) is 5.75 Å². The van der Waals surface area contributed by atoms with Gasteiger partial charge in [-0.25, -0.2) is 0 Å². The average molecular weight is 434 g/mol. The first-order valence-electron chi connectivity index (χ1n) is 10.8. The van der Waals surface area contributed by atoms with E-state index in [1.54, 1.807) is 30.2 Å². The number of rotatable bonds is 6. The molecule has 1 aliphatic rings. The first-order valence-corrected chi connectivity index (χ1v) is 10.8. The molecule has 4 rings (SSSR count). The lowest BCUT2D eigenvalue weighted by Gasteiger charge is -2.22. The zero-order valence-electron chi connectivity index (χ0n) is 18.3. The maximum Gasteiger partial charge on any atom is 0.263 e. The summed E-state index contributed by atoms with van der Waals surface area (Å²) in [6, 6.07) is 13.3. The summed E-state index contributed by atoms with van der Waals surface area (Å²) in [7, 11) is 0. The average Bonchev–Trinajstić information content (AvgIpc) is 3.22. The number of ether oxygens (including phenoxy) is 1. The predicted molar refractivity (Wildman–Crippen MR) is 123 cm³/mol. The molecule has 3 aromatic rings. The van der Waals surface area contributed by atoms with E-state index in [4.69, 9.17) is 10.5 Å². The van der Waals surface area contributed by atoms with Crippen LogP contribution >= 0.6 is 0 Å². The molecule has 32 heavy (non-hydrogen) atoms. The molecule has 0 unspecified atom stereocenters. The van der Waals surface area contributed by atoms with Gasteiger partial charge in [0, 0.05) is 31.3 Å². The second kappa shape index (κ2) is 8.86. The Labute approximate surface area is 186 Å². The topological polar surface area (TPSA) is 105 Å². The van der Waals surface area contributed by atoms with Gasteiger partial charge in [0.15, 0.2) is 6.10 Å². The van der Waals surface area contributed by atoms with Crippen molar-refractivity contribution < 1.29 is 14.3 Å². The van der Waals surface area contributed by atoms with Gasteiger partial charge in [-0.2, -0.15) is 0 Å². The van der Waals surface area contributed by atoms with E-state index >= 15 is 0 Å². The van der Waals surface area contributed by atoms with Crippen LogP contribution in [0.25, 0.3) is 21.9 Å². The molecule has 2 heterocycles. The molecule has 0 spiro atoms. The van der Waals surface area contributed by atoms with Gasteiger partial charge in [-0.15, -0.1) is 0 Å². The van der Waals surface area contributed by atoms with Crippen molar-refractivity contribution in [1.82, 2.24) is 9.88 Å². The van der Waals surface area contributed by atoms with Crippen LogP contribution in [0.3, 0.4) is 0 Å². The van der Waals surface area contributed by atoms with Crippen LogP contribution in [-0.4, -0.2) is 40.9 Å². The van der Waals surface area contributed by atoms with Gasteiger partial charge in [-0.1, -0.05) is 24.3 Å². The van der Waals surface area contributed by atoms with E-state index in [0.29, 0.717) is 24.2 Å². The summed E-state index contributed by atoms with van der Waals surface area (Å²) in [5.41, 5.74) is 8.16. The summed E-state index contributed by atoms with van der Waals surface area (Å²) >= 11 is 0. The lowest BCUT2D eigenvalue weighted by molar-refractivity contribution is -0.137. The van der Waals surface area contributed by atoms with Crippen molar-refractivity contribution in [2.75, 3.05) is 13.1 Å². The third-order valence-electron chi connectivity index (χ3n) is 6.06. The molecule has 3 N–H and O–H groups in total. The largest absolute Gasteiger partial charge is 0.481 e. The van der Waals surface area contributed by atoms with E-state index < -0.39 is 6.10 Å². The van der Waals surface area contributed by atoms with E-state index in [2.05, 4.69) is 4.98 Å². The van der Waals surface area contributed by atoms with Crippen LogP contribution in [0.5, 0.6) is 5.75 Å². The number of aromatic amines is 1. The molecule has 0 saturated carbocycles. The molecule has 1 saturated heterocycles. The van der Waals surface area contributed by atoms with Crippen molar-refractivity contribution in [2.45, 2.75) is 32.8 Å². The SMILES string of the molecule is Cc1ccccc1-c1c[nH]c(=O)c2cc(O[C@H](C)C(=O)N3CC[C@@H](CC(N)=O)C3)ccc12. The molecule has 1 aliphatic heterocycles. The second-order valence-electron chi connectivity index (χ2n) is 8.42. The number of nitrogens with one attached hydrogen (secondary N) is 1. The van der Waals surface area contributed by atoms with Crippen LogP contribution in [-0.2, 0) is 9.59 Å². The molecule has 2 atom stereocenters. The number of nitrogens with two attached hydrogens (primary N) is 1. The molecule has 166 valence electrons. The third kappa shape index (κ3) is 4.37. The van der Waals surface area contributed by atoms with Crippen LogP contribution in [0.15, 0.2) is 53.5 Å². The van der Waals surface area contributed by atoms with Gasteiger partial charge >= 0.3 is 0 Å². The molecular formula is C25H27N3O4. The van der Waals surface area contributed by atoms with Gasteiger partial charge in [-0.3, -0.25) is 14.4 Å². The predicted octanol–water partition coefficient (Wildman–Crippen LogP) is 2.99. The van der Waals surface area contributed by atoms with Crippen LogP contribution < -0.4 is 16.0 Å². The Bertz CT molecular complexity index is 1230. The fourth-order valence-electron chi connectivity index (χ4n) is 4.41. The second-order valence-corrected chi connectivity index (χ2v) is 8.42. The minimum absolute atomic E-state index is 0.0998. The molecule has 2 amide bonds. The molecule has 0 bridgehead atoms. The van der Waals surface area contributed by atoms with Gasteiger partial charge < -0.3 is 20.4 Å². The molecule has 0 radical (unpaired) electrons. The van der Waals surface area contributed by atoms with E-state index in [9.17, 15) is 14.4 Å². The number of amides is 2. The number of pyridine rings is 1. The number of benzene rings is 2. The molecule has 7 nitrogen and oxygen atoms in total. The highest BCUT2D eigenvalue weighted by atomic mass is 16.5. The monoisotopic (exact) mass is 433 g/mol. The van der Waals surface area contributed by atoms with Gasteiger partial charge in [0.25, 0.3) is 11.5 Å². The summed E-state index contributed by atoms with van der Waals surface area (Å²) in [6.07, 6.45) is 2.07. The van der Waals surface area contributed by atoms with Gasteiger partial charge in [0.2, 0.25) is 5.91 Å². The number of aryl methyl sites for hydroxylation is 1. The molecule has 2 aromatic carbocycles. The highest BCUT2D eigenvalue weighted by Gasteiger charge is 2.30. The quantitative estimate of drug-likeness (QED) is 0.623. The highest BCUT2D eigenvalue weighted by Crippen LogP contribution is 2.31. The number of hydrogen-bond acceptors (Lipinski definition) is 4. The Hall–Kier alpha value is -3.61. The number of carbonyl (C=O) groups excluding carboxylic acids is 2. The Morgan fingerprint density at radius 1 is 1.19 bits per heavy atom. The fourth-order valence-corrected chi connectivity index (χ4v) is 4.41. The van der Waals surface area contributed by atoms with Gasteiger partial charge in [-0.05, 0) is 60.9 Å². The van der Waals surface area contributed by atoms with Crippen LogP contribution in [0.2, 0.25) is 0 Å². The number of aromatic nitrogens is 1. The van der Waals surface area contributed by atoms with E-state index in [0.717, 1.165) is 28.5 Å². The van der Waals surface area contributed by atoms with Crippen molar-refractivity contribution in [3.63, 3.8) is 0 Å². The lowest BCUT2D eigenvalue weighted by atomic mass is 9.97. The Morgan fingerprint density at radius 2 is 1.97 bits per heavy atom. The molecule has 1 fully saturated rings. The Morgan fingerprint density at radius 3 is 2.72 bits per heavy atom. The van der Waals surface area contributed by atoms with Crippen LogP contribution in [0.1, 0.15) is 25.3 Å². The van der Waals surface area contributed by atoms with E-state index in [1.165, 1.54) is 0 Å². The number of carbonyl (C=O) groups is 2. The maximum atomic E-state index is 12.8. The zero-order valence-corrected chi connectivity index (χ0v) is 18.3. The number of fused-ring (bicyclic) bond motifs is 1. The lowest BCUT2D eigenvalue weighted by Crippen LogP contribution is -2.39. The Kier molecular flexibility index (Phi) is 5.99. The first-order chi connectivity index (χ1) is 15.3. The van der Waals surface area contributed by atoms with E-state index in [-0.39, 0.29) is 29.7 Å². The smallest absolute Gasteiger partial charge is 0.263 e. The van der Waals surface area contributed by atoms with Crippen molar-refractivity contribution in [3.05, 3.63) is 64.6 Å². The van der Waals surface area contributed by atoms with Crippen molar-refractivity contribution in [2.24, 2.45) is 11.7 Å². The number of nitrogens with zero attached hydrogens (tertiary/aromatic N) is 1. The van der Waals surface area contributed by atoms with Crippen LogP contribution in [0.4, 0.5) is 0 Å². The maximum absolute atomic E-state index is 12.8. The summed E-state index contributed by atoms with van der Waals surface area (Å²) in [5.74, 6) is 0.0705. The summed E-state index contributed by atoms with van der Waals surface area (Å²) in [4.78, 5) is 41.0. The van der Waals surface area contributed by atoms with E-state index in [1.807, 2.05) is 37.3 Å². The third-order valence-corrected chi connectivity index (χ3v) is 6.06. The minimum atomic E-state index is -0.710. The number of hydrogen-bond donors (Lipinski definition) is 2. The zero-order chi connectivity index (χ0) is 22.8. The molecule has 1 aromatic heterocycles. The minimum Gasteiger partial charge on any atom is -0.481 e. The standard InChI is InChI=1S/C25H27N3O4/c1-15-5-3-4-6-19(15)22-13-27-24(30)21-12-18(7-8-20(21)22)32-16(2)25(31)28-10-9-17(14-28)11-23(26)29/h3-8,12-13,16-17H,9-11,14H2,1-2H3,(H2,26,29)(H,27,30)/t16-,17+/m1/s1. The van der Waals surface area contributed by atoms with Crippen molar-refractivity contribution in [1.29, 1.82) is 0 Å². The normalized spacial score (nSPS) is 16.8. The van der Waals surface area contributed by atoms with Crippen LogP contribution in [0, 0.1) is 12.8 Å². The highest BCUT2D eigenvalue weighted by molar-refractivity contribution is 5.97. The Balaban J connectivity index is 1.55. The first kappa shape index (κ1) is 21.6. The van der Waals surface area contributed by atoms with Crippen molar-refractivity contribution >= 4 is 22.6 Å². The molecule has 0 aliphatic carbocycles. The number of primary amides is 1. The summed E-state index contributed by atoms with van der Waals surface area (Å²) in [5, 5.41) is 1.33. The molecule has 7 heteroatoms. The fraction of sp³-hybridized carbons (Fsp3) is 0.320.